The van der Waals surface area contributed by atoms with Crippen LogP contribution < -0.4 is 0 Å². The van der Waals surface area contributed by atoms with E-state index in [2.05, 4.69) is 25.8 Å². The summed E-state index contributed by atoms with van der Waals surface area (Å²) in [5.41, 5.74) is 1.35. The van der Waals surface area contributed by atoms with Gasteiger partial charge in [0.05, 0.1) is 7.11 Å². The number of hydrogen-bond donors (Lipinski definition) is 0. The molecule has 0 aromatic carbocycles. The quantitative estimate of drug-likeness (QED) is 0.656. The molecule has 0 aliphatic carbocycles. The van der Waals surface area contributed by atoms with Gasteiger partial charge in [-0.1, -0.05) is 20.8 Å². The second-order valence-corrected chi connectivity index (χ2v) is 3.86. The first kappa shape index (κ1) is 10.3. The molecule has 0 spiro atoms. The topological polar surface area (TPSA) is 21.6 Å². The number of methoxy groups -OCH3 is 1. The third-order valence-corrected chi connectivity index (χ3v) is 2.64. The number of hydrogen-bond acceptors (Lipinski definition) is 2. The predicted molar refractivity (Wildman–Crippen MR) is 55.8 cm³/mol. The fourth-order valence-electron chi connectivity index (χ4n) is 1.58. The Labute approximate surface area is 80.7 Å². The number of rotatable bonds is 3. The van der Waals surface area contributed by atoms with E-state index in [1.54, 1.807) is 7.11 Å². The molecule has 1 rings (SSSR count). The Morgan fingerprint density at radius 3 is 2.77 bits per heavy atom. The molecule has 74 valence electrons. The van der Waals surface area contributed by atoms with Crippen molar-refractivity contribution in [2.75, 3.05) is 7.11 Å². The highest BCUT2D eigenvalue weighted by atomic mass is 16.5. The molecule has 0 N–H and O–H groups in total. The molecule has 0 amide bonds. The Bertz CT molecular complexity index is 228. The fraction of sp³-hybridized carbons (Fsp3) is 0.727. The van der Waals surface area contributed by atoms with Gasteiger partial charge in [0.15, 0.2) is 0 Å². The highest BCUT2D eigenvalue weighted by Gasteiger charge is 2.19. The average Bonchev–Trinajstić information content (AvgIpc) is 2.16. The molecule has 2 heteroatoms. The van der Waals surface area contributed by atoms with E-state index in [9.17, 15) is 0 Å². The molecule has 2 nitrogen and oxygen atoms in total. The van der Waals surface area contributed by atoms with E-state index in [0.717, 1.165) is 18.7 Å². The van der Waals surface area contributed by atoms with Crippen molar-refractivity contribution in [1.29, 1.82) is 0 Å². The minimum atomic E-state index is 0.592. The van der Waals surface area contributed by atoms with Crippen molar-refractivity contribution in [2.45, 2.75) is 33.6 Å². The molecule has 0 aromatic rings. The van der Waals surface area contributed by atoms with Crippen molar-refractivity contribution in [1.82, 2.24) is 0 Å². The van der Waals surface area contributed by atoms with E-state index in [1.165, 1.54) is 5.57 Å². The molecule has 1 aliphatic rings. The largest absolute Gasteiger partial charge is 0.481 e. The zero-order valence-electron chi connectivity index (χ0n) is 9.00. The first-order valence-corrected chi connectivity index (χ1v) is 4.99. The van der Waals surface area contributed by atoms with Crippen LogP contribution in [0.4, 0.5) is 0 Å². The lowest BCUT2D eigenvalue weighted by Gasteiger charge is -2.22. The average molecular weight is 181 g/mol. The third kappa shape index (κ3) is 2.33. The molecular weight excluding hydrogens is 162 g/mol. The van der Waals surface area contributed by atoms with Crippen LogP contribution in [-0.4, -0.2) is 13.3 Å². The van der Waals surface area contributed by atoms with Gasteiger partial charge in [-0.2, -0.15) is 0 Å². The number of nitrogens with zero attached hydrogens (tertiary/aromatic N) is 1. The molecule has 1 heterocycles. The molecular formula is C11H19NO. The first-order chi connectivity index (χ1) is 6.19. The zero-order chi connectivity index (χ0) is 9.84. The van der Waals surface area contributed by atoms with Crippen molar-refractivity contribution in [3.63, 3.8) is 0 Å². The van der Waals surface area contributed by atoms with E-state index in [1.807, 2.05) is 6.21 Å². The summed E-state index contributed by atoms with van der Waals surface area (Å²) in [5, 5.41) is 0. The van der Waals surface area contributed by atoms with E-state index in [0.29, 0.717) is 11.8 Å². The monoisotopic (exact) mass is 181 g/mol. The van der Waals surface area contributed by atoms with Gasteiger partial charge in [0.25, 0.3) is 0 Å². The lowest BCUT2D eigenvalue weighted by atomic mass is 9.88. The minimum absolute atomic E-state index is 0.592. The summed E-state index contributed by atoms with van der Waals surface area (Å²) < 4.78 is 5.20. The van der Waals surface area contributed by atoms with Crippen molar-refractivity contribution in [3.8, 4) is 0 Å². The number of aliphatic imine (C=N–C) groups is 1. The highest BCUT2D eigenvalue weighted by Crippen LogP contribution is 2.27. The first-order valence-electron chi connectivity index (χ1n) is 4.99. The van der Waals surface area contributed by atoms with Gasteiger partial charge in [-0.15, -0.1) is 0 Å². The Morgan fingerprint density at radius 2 is 2.31 bits per heavy atom. The summed E-state index contributed by atoms with van der Waals surface area (Å²) in [7, 11) is 1.69. The van der Waals surface area contributed by atoms with Gasteiger partial charge in [-0.05, 0) is 24.3 Å². The summed E-state index contributed by atoms with van der Waals surface area (Å²) in [4.78, 5) is 4.34. The maximum absolute atomic E-state index is 5.20. The van der Waals surface area contributed by atoms with Crippen molar-refractivity contribution in [2.24, 2.45) is 16.8 Å². The van der Waals surface area contributed by atoms with Crippen LogP contribution in [0.3, 0.4) is 0 Å². The van der Waals surface area contributed by atoms with E-state index in [-0.39, 0.29) is 0 Å². The Balaban J connectivity index is 2.74. The van der Waals surface area contributed by atoms with Gasteiger partial charge in [0.1, 0.15) is 0 Å². The predicted octanol–water partition coefficient (Wildman–Crippen LogP) is 3.00. The second kappa shape index (κ2) is 4.45. The van der Waals surface area contributed by atoms with Crippen molar-refractivity contribution >= 4 is 6.21 Å². The van der Waals surface area contributed by atoms with Crippen molar-refractivity contribution < 1.29 is 4.74 Å². The van der Waals surface area contributed by atoms with Crippen LogP contribution in [0.1, 0.15) is 33.6 Å². The molecule has 0 saturated heterocycles. The van der Waals surface area contributed by atoms with Gasteiger partial charge >= 0.3 is 0 Å². The standard InChI is InChI=1S/C11H19NO/c1-5-9-6-10(8(2)3)7-12-11(9)13-4/h7-8,10H,5-6H2,1-4H3. The lowest BCUT2D eigenvalue weighted by Crippen LogP contribution is -2.16. The lowest BCUT2D eigenvalue weighted by molar-refractivity contribution is 0.274. The molecule has 1 unspecified atom stereocenters. The third-order valence-electron chi connectivity index (χ3n) is 2.64. The van der Waals surface area contributed by atoms with E-state index >= 15 is 0 Å². The minimum Gasteiger partial charge on any atom is -0.481 e. The molecule has 1 aliphatic heterocycles. The zero-order valence-corrected chi connectivity index (χ0v) is 9.00. The van der Waals surface area contributed by atoms with Crippen LogP contribution in [0.25, 0.3) is 0 Å². The number of ether oxygens (including phenoxy) is 1. The van der Waals surface area contributed by atoms with Crippen LogP contribution in [-0.2, 0) is 4.74 Å². The van der Waals surface area contributed by atoms with Crippen LogP contribution >= 0.6 is 0 Å². The molecule has 0 fully saturated rings. The highest BCUT2D eigenvalue weighted by molar-refractivity contribution is 5.64. The van der Waals surface area contributed by atoms with E-state index < -0.39 is 0 Å². The summed E-state index contributed by atoms with van der Waals surface area (Å²) in [6, 6.07) is 0. The second-order valence-electron chi connectivity index (χ2n) is 3.86. The SMILES string of the molecule is CCC1=C(OC)N=CC(C(C)C)C1. The van der Waals surface area contributed by atoms with Gasteiger partial charge in [-0.3, -0.25) is 0 Å². The van der Waals surface area contributed by atoms with E-state index in [4.69, 9.17) is 4.74 Å². The molecule has 1 atom stereocenters. The van der Waals surface area contributed by atoms with Crippen LogP contribution in [0.5, 0.6) is 0 Å². The molecule has 0 radical (unpaired) electrons. The molecule has 0 aromatic heterocycles. The summed E-state index contributed by atoms with van der Waals surface area (Å²) in [6.07, 6.45) is 4.19. The normalized spacial score (nSPS) is 22.7. The maximum Gasteiger partial charge on any atom is 0.211 e. The van der Waals surface area contributed by atoms with Crippen molar-refractivity contribution in [3.05, 3.63) is 11.5 Å². The molecule has 0 bridgehead atoms. The number of allylic oxidation sites excluding steroid dienone is 1. The van der Waals surface area contributed by atoms with Crippen LogP contribution in [0.2, 0.25) is 0 Å². The molecule has 0 saturated carbocycles. The van der Waals surface area contributed by atoms with Crippen LogP contribution in [0.15, 0.2) is 16.4 Å². The van der Waals surface area contributed by atoms with Gasteiger partial charge < -0.3 is 4.74 Å². The van der Waals surface area contributed by atoms with Gasteiger partial charge in [0, 0.05) is 12.1 Å². The smallest absolute Gasteiger partial charge is 0.211 e. The van der Waals surface area contributed by atoms with Gasteiger partial charge in [0.2, 0.25) is 5.88 Å². The summed E-state index contributed by atoms with van der Waals surface area (Å²) in [5.74, 6) is 2.09. The molecule has 13 heavy (non-hydrogen) atoms. The summed E-state index contributed by atoms with van der Waals surface area (Å²) >= 11 is 0. The Kier molecular flexibility index (Phi) is 3.52. The summed E-state index contributed by atoms with van der Waals surface area (Å²) in [6.45, 7) is 6.64. The Hall–Kier alpha value is -0.790. The van der Waals surface area contributed by atoms with Gasteiger partial charge in [-0.25, -0.2) is 4.99 Å². The maximum atomic E-state index is 5.20. The van der Waals surface area contributed by atoms with Crippen LogP contribution in [0, 0.1) is 11.8 Å². The Morgan fingerprint density at radius 1 is 1.62 bits per heavy atom. The fourth-order valence-corrected chi connectivity index (χ4v) is 1.58.